The first-order valence-corrected chi connectivity index (χ1v) is 8.14. The highest BCUT2D eigenvalue weighted by molar-refractivity contribution is 6.30. The largest absolute Gasteiger partial charge is 0.496 e. The fourth-order valence-corrected chi connectivity index (χ4v) is 3.68. The molecule has 118 valence electrons. The lowest BCUT2D eigenvalue weighted by atomic mass is 9.87. The van der Waals surface area contributed by atoms with E-state index in [1.54, 1.807) is 7.11 Å². The Kier molecular flexibility index (Phi) is 5.91. The average Bonchev–Trinajstić information content (AvgIpc) is 2.97. The molecule has 2 rings (SSSR count). The molecule has 0 radical (unpaired) electrons. The van der Waals surface area contributed by atoms with Crippen molar-refractivity contribution in [3.05, 3.63) is 28.8 Å². The van der Waals surface area contributed by atoms with Crippen LogP contribution in [0.2, 0.25) is 5.02 Å². The van der Waals surface area contributed by atoms with Gasteiger partial charge in [0, 0.05) is 18.2 Å². The summed E-state index contributed by atoms with van der Waals surface area (Å²) in [5.41, 5.74) is 1.07. The minimum Gasteiger partial charge on any atom is -0.496 e. The van der Waals surface area contributed by atoms with Crippen LogP contribution in [0.25, 0.3) is 0 Å². The van der Waals surface area contributed by atoms with E-state index in [1.165, 1.54) is 12.8 Å². The molecule has 0 aromatic heterocycles. The lowest BCUT2D eigenvalue weighted by molar-refractivity contribution is -0.0352. The van der Waals surface area contributed by atoms with Crippen LogP contribution in [0.4, 0.5) is 0 Å². The summed E-state index contributed by atoms with van der Waals surface area (Å²) in [5, 5.41) is 4.36. The molecule has 0 amide bonds. The van der Waals surface area contributed by atoms with E-state index >= 15 is 0 Å². The molecule has 1 atom stereocenters. The SMILES string of the molecule is CCNC(Cc1cc(Cl)ccc1OC)C1(OC)CCCC1. The van der Waals surface area contributed by atoms with E-state index in [2.05, 4.69) is 12.2 Å². The number of methoxy groups -OCH3 is 2. The summed E-state index contributed by atoms with van der Waals surface area (Å²) in [4.78, 5) is 0. The summed E-state index contributed by atoms with van der Waals surface area (Å²) in [6.07, 6.45) is 5.57. The van der Waals surface area contributed by atoms with E-state index in [9.17, 15) is 0 Å². The minimum atomic E-state index is -0.0661. The monoisotopic (exact) mass is 311 g/mol. The molecule has 1 aliphatic rings. The predicted molar refractivity (Wildman–Crippen MR) is 87.4 cm³/mol. The minimum absolute atomic E-state index is 0.0661. The van der Waals surface area contributed by atoms with Crippen molar-refractivity contribution in [2.45, 2.75) is 50.7 Å². The third kappa shape index (κ3) is 3.71. The maximum absolute atomic E-state index is 6.16. The van der Waals surface area contributed by atoms with Crippen LogP contribution in [-0.2, 0) is 11.2 Å². The van der Waals surface area contributed by atoms with Gasteiger partial charge >= 0.3 is 0 Å². The quantitative estimate of drug-likeness (QED) is 0.830. The number of hydrogen-bond acceptors (Lipinski definition) is 3. The molecule has 0 bridgehead atoms. The van der Waals surface area contributed by atoms with Crippen LogP contribution in [0.15, 0.2) is 18.2 Å². The summed E-state index contributed by atoms with van der Waals surface area (Å²) in [6, 6.07) is 6.09. The molecule has 1 aliphatic carbocycles. The summed E-state index contributed by atoms with van der Waals surface area (Å²) in [7, 11) is 3.54. The Hall–Kier alpha value is -0.770. The molecular weight excluding hydrogens is 286 g/mol. The van der Waals surface area contributed by atoms with E-state index in [4.69, 9.17) is 21.1 Å². The zero-order valence-electron chi connectivity index (χ0n) is 13.2. The Bertz CT molecular complexity index is 458. The zero-order chi connectivity index (χ0) is 15.3. The molecule has 4 heteroatoms. The number of hydrogen-bond donors (Lipinski definition) is 1. The summed E-state index contributed by atoms with van der Waals surface area (Å²) in [5.74, 6) is 0.895. The molecule has 0 spiro atoms. The second-order valence-corrected chi connectivity index (χ2v) is 6.18. The molecule has 1 fully saturated rings. The van der Waals surface area contributed by atoms with Crippen molar-refractivity contribution < 1.29 is 9.47 Å². The molecule has 1 saturated carbocycles. The zero-order valence-corrected chi connectivity index (χ0v) is 14.0. The van der Waals surface area contributed by atoms with E-state index < -0.39 is 0 Å². The van der Waals surface area contributed by atoms with Gasteiger partial charge in [0.15, 0.2) is 0 Å². The lowest BCUT2D eigenvalue weighted by Gasteiger charge is -2.37. The second kappa shape index (κ2) is 7.48. The maximum atomic E-state index is 6.16. The van der Waals surface area contributed by atoms with Crippen molar-refractivity contribution in [3.63, 3.8) is 0 Å². The van der Waals surface area contributed by atoms with Crippen LogP contribution in [0.3, 0.4) is 0 Å². The third-order valence-corrected chi connectivity index (χ3v) is 4.84. The molecule has 3 nitrogen and oxygen atoms in total. The third-order valence-electron chi connectivity index (χ3n) is 4.61. The first kappa shape index (κ1) is 16.6. The van der Waals surface area contributed by atoms with Crippen LogP contribution in [0, 0.1) is 0 Å². The lowest BCUT2D eigenvalue weighted by Crippen LogP contribution is -2.51. The first-order valence-electron chi connectivity index (χ1n) is 7.76. The molecule has 1 aromatic rings. The van der Waals surface area contributed by atoms with Gasteiger partial charge in [-0.3, -0.25) is 0 Å². The Morgan fingerprint density at radius 2 is 2.00 bits per heavy atom. The summed E-state index contributed by atoms with van der Waals surface area (Å²) >= 11 is 6.16. The van der Waals surface area contributed by atoms with Gasteiger partial charge < -0.3 is 14.8 Å². The van der Waals surface area contributed by atoms with Gasteiger partial charge in [-0.15, -0.1) is 0 Å². The van der Waals surface area contributed by atoms with Crippen molar-refractivity contribution in [2.24, 2.45) is 0 Å². The number of ether oxygens (including phenoxy) is 2. The Morgan fingerprint density at radius 1 is 1.29 bits per heavy atom. The standard InChI is InChI=1S/C17H26ClNO2/c1-4-19-16(17(21-3)9-5-6-10-17)12-13-11-14(18)7-8-15(13)20-2/h7-8,11,16,19H,4-6,9-10,12H2,1-3H3. The van der Waals surface area contributed by atoms with Gasteiger partial charge in [-0.2, -0.15) is 0 Å². The van der Waals surface area contributed by atoms with E-state index in [1.807, 2.05) is 25.3 Å². The molecule has 0 saturated heterocycles. The van der Waals surface area contributed by atoms with Crippen LogP contribution in [-0.4, -0.2) is 32.4 Å². The van der Waals surface area contributed by atoms with Gasteiger partial charge in [0.2, 0.25) is 0 Å². The molecule has 0 aliphatic heterocycles. The highest BCUT2D eigenvalue weighted by Gasteiger charge is 2.41. The predicted octanol–water partition coefficient (Wildman–Crippen LogP) is 3.83. The highest BCUT2D eigenvalue weighted by atomic mass is 35.5. The number of benzene rings is 1. The highest BCUT2D eigenvalue weighted by Crippen LogP contribution is 2.38. The summed E-state index contributed by atoms with van der Waals surface area (Å²) < 4.78 is 11.4. The van der Waals surface area contributed by atoms with Crippen molar-refractivity contribution in [2.75, 3.05) is 20.8 Å². The van der Waals surface area contributed by atoms with E-state index in [0.29, 0.717) is 0 Å². The maximum Gasteiger partial charge on any atom is 0.122 e. The van der Waals surface area contributed by atoms with E-state index in [-0.39, 0.29) is 11.6 Å². The van der Waals surface area contributed by atoms with Crippen LogP contribution in [0.5, 0.6) is 5.75 Å². The van der Waals surface area contributed by atoms with Crippen LogP contribution < -0.4 is 10.1 Å². The van der Waals surface area contributed by atoms with Gasteiger partial charge in [0.25, 0.3) is 0 Å². The van der Waals surface area contributed by atoms with E-state index in [0.717, 1.165) is 42.1 Å². The first-order chi connectivity index (χ1) is 10.1. The molecular formula is C17H26ClNO2. The Morgan fingerprint density at radius 3 is 2.57 bits per heavy atom. The van der Waals surface area contributed by atoms with Gasteiger partial charge in [-0.05, 0) is 49.6 Å². The van der Waals surface area contributed by atoms with Crippen molar-refractivity contribution in [1.29, 1.82) is 0 Å². The van der Waals surface area contributed by atoms with Gasteiger partial charge in [0.1, 0.15) is 5.75 Å². The topological polar surface area (TPSA) is 30.5 Å². The van der Waals surface area contributed by atoms with Crippen LogP contribution in [0.1, 0.15) is 38.2 Å². The summed E-state index contributed by atoms with van der Waals surface area (Å²) in [6.45, 7) is 3.07. The van der Waals surface area contributed by atoms with Crippen molar-refractivity contribution in [3.8, 4) is 5.75 Å². The molecule has 21 heavy (non-hydrogen) atoms. The Labute approximate surface area is 133 Å². The normalized spacial score (nSPS) is 18.7. The number of rotatable bonds is 7. The molecule has 0 heterocycles. The average molecular weight is 312 g/mol. The van der Waals surface area contributed by atoms with Crippen molar-refractivity contribution >= 4 is 11.6 Å². The molecule has 1 aromatic carbocycles. The van der Waals surface area contributed by atoms with Crippen molar-refractivity contribution in [1.82, 2.24) is 5.32 Å². The smallest absolute Gasteiger partial charge is 0.122 e. The molecule has 1 N–H and O–H groups in total. The number of halogens is 1. The van der Waals surface area contributed by atoms with Gasteiger partial charge in [0.05, 0.1) is 12.7 Å². The number of nitrogens with one attached hydrogen (secondary N) is 1. The molecule has 1 unspecified atom stereocenters. The van der Waals surface area contributed by atoms with Gasteiger partial charge in [-0.25, -0.2) is 0 Å². The second-order valence-electron chi connectivity index (χ2n) is 5.75. The number of likely N-dealkylation sites (N-methyl/N-ethyl adjacent to an activating group) is 1. The fraction of sp³-hybridized carbons (Fsp3) is 0.647. The fourth-order valence-electron chi connectivity index (χ4n) is 3.49. The van der Waals surface area contributed by atoms with Crippen LogP contribution >= 0.6 is 11.6 Å². The Balaban J connectivity index is 2.25. The van der Waals surface area contributed by atoms with Gasteiger partial charge in [-0.1, -0.05) is 31.4 Å².